The van der Waals surface area contributed by atoms with E-state index in [1.165, 1.54) is 30.7 Å². The first-order chi connectivity index (χ1) is 15.4. The number of carbonyl (C=O) groups is 1. The number of piperidine rings is 1. The van der Waals surface area contributed by atoms with E-state index in [1.807, 2.05) is 0 Å². The Morgan fingerprint density at radius 3 is 2.31 bits per heavy atom. The average molecular weight is 461 g/mol. The monoisotopic (exact) mass is 460 g/mol. The summed E-state index contributed by atoms with van der Waals surface area (Å²) in [6, 6.07) is 9.89. The van der Waals surface area contributed by atoms with E-state index in [0.29, 0.717) is 35.8 Å². The highest BCUT2D eigenvalue weighted by atomic mass is 32.2. The molecule has 0 bridgehead atoms. The van der Waals surface area contributed by atoms with Gasteiger partial charge < -0.3 is 19.5 Å². The highest BCUT2D eigenvalue weighted by Gasteiger charge is 2.29. The third-order valence-electron chi connectivity index (χ3n) is 5.21. The summed E-state index contributed by atoms with van der Waals surface area (Å²) in [6.45, 7) is 0.995. The number of anilines is 1. The number of rotatable bonds is 8. The SMILES string of the molecule is COc1ccc(NC(=O)/C=C/c2ccc(OC)c(S(=O)(=O)N3CCCCC3)c2)c(OC)c1. The second-order valence-electron chi connectivity index (χ2n) is 7.26. The Hall–Kier alpha value is -3.04. The second-order valence-corrected chi connectivity index (χ2v) is 9.17. The van der Waals surface area contributed by atoms with Gasteiger partial charge in [-0.25, -0.2) is 8.42 Å². The van der Waals surface area contributed by atoms with E-state index in [-0.39, 0.29) is 16.6 Å². The van der Waals surface area contributed by atoms with E-state index < -0.39 is 10.0 Å². The molecule has 0 aliphatic carbocycles. The molecule has 1 saturated heterocycles. The van der Waals surface area contributed by atoms with Gasteiger partial charge in [0.05, 0.1) is 27.0 Å². The van der Waals surface area contributed by atoms with Crippen LogP contribution in [-0.4, -0.2) is 53.0 Å². The molecule has 172 valence electrons. The fourth-order valence-electron chi connectivity index (χ4n) is 3.49. The van der Waals surface area contributed by atoms with Crippen molar-refractivity contribution in [2.45, 2.75) is 24.2 Å². The van der Waals surface area contributed by atoms with Gasteiger partial charge in [0.1, 0.15) is 22.1 Å². The van der Waals surface area contributed by atoms with Crippen LogP contribution in [0.2, 0.25) is 0 Å². The third kappa shape index (κ3) is 5.41. The van der Waals surface area contributed by atoms with Gasteiger partial charge in [-0.2, -0.15) is 4.31 Å². The Morgan fingerprint density at radius 2 is 1.66 bits per heavy atom. The van der Waals surface area contributed by atoms with Crippen LogP contribution in [0.1, 0.15) is 24.8 Å². The lowest BCUT2D eigenvalue weighted by atomic mass is 10.2. The number of ether oxygens (including phenoxy) is 3. The maximum Gasteiger partial charge on any atom is 0.248 e. The molecule has 9 heteroatoms. The van der Waals surface area contributed by atoms with E-state index in [9.17, 15) is 13.2 Å². The molecular weight excluding hydrogens is 432 g/mol. The maximum absolute atomic E-state index is 13.1. The number of sulfonamides is 1. The summed E-state index contributed by atoms with van der Waals surface area (Å²) in [6.07, 6.45) is 5.61. The molecule has 1 fully saturated rings. The van der Waals surface area contributed by atoms with Crippen molar-refractivity contribution in [3.63, 3.8) is 0 Å². The number of benzene rings is 2. The molecule has 0 radical (unpaired) electrons. The summed E-state index contributed by atoms with van der Waals surface area (Å²) in [5.74, 6) is 0.964. The van der Waals surface area contributed by atoms with E-state index in [0.717, 1.165) is 19.3 Å². The normalized spacial score (nSPS) is 14.8. The van der Waals surface area contributed by atoms with Crippen LogP contribution in [0.3, 0.4) is 0 Å². The van der Waals surface area contributed by atoms with Crippen molar-refractivity contribution in [1.29, 1.82) is 0 Å². The largest absolute Gasteiger partial charge is 0.497 e. The van der Waals surface area contributed by atoms with Crippen LogP contribution >= 0.6 is 0 Å². The van der Waals surface area contributed by atoms with E-state index in [4.69, 9.17) is 14.2 Å². The van der Waals surface area contributed by atoms with Gasteiger partial charge in [-0.3, -0.25) is 4.79 Å². The Bertz CT molecular complexity index is 1090. The lowest BCUT2D eigenvalue weighted by Gasteiger charge is -2.26. The minimum atomic E-state index is -3.68. The molecule has 1 aliphatic rings. The number of nitrogens with one attached hydrogen (secondary N) is 1. The first-order valence-electron chi connectivity index (χ1n) is 10.3. The van der Waals surface area contributed by atoms with Gasteiger partial charge in [0.25, 0.3) is 0 Å². The van der Waals surface area contributed by atoms with E-state index in [2.05, 4.69) is 5.32 Å². The summed E-state index contributed by atoms with van der Waals surface area (Å²) in [5.41, 5.74) is 1.06. The molecule has 1 amide bonds. The lowest BCUT2D eigenvalue weighted by molar-refractivity contribution is -0.111. The summed E-state index contributed by atoms with van der Waals surface area (Å²) < 4.78 is 43.5. The number of amides is 1. The first-order valence-corrected chi connectivity index (χ1v) is 11.7. The molecule has 0 aromatic heterocycles. The summed E-state index contributed by atoms with van der Waals surface area (Å²) in [4.78, 5) is 12.5. The Kier molecular flexibility index (Phi) is 7.76. The zero-order valence-corrected chi connectivity index (χ0v) is 19.3. The van der Waals surface area contributed by atoms with Crippen molar-refractivity contribution in [2.75, 3.05) is 39.7 Å². The number of nitrogens with zero attached hydrogens (tertiary/aromatic N) is 1. The van der Waals surface area contributed by atoms with Gasteiger partial charge in [0, 0.05) is 25.2 Å². The second kappa shape index (κ2) is 10.5. The van der Waals surface area contributed by atoms with Crippen molar-refractivity contribution in [3.05, 3.63) is 48.0 Å². The smallest absolute Gasteiger partial charge is 0.248 e. The molecule has 2 aromatic carbocycles. The van der Waals surface area contributed by atoms with Gasteiger partial charge in [-0.15, -0.1) is 0 Å². The van der Waals surface area contributed by atoms with Crippen LogP contribution in [0, 0.1) is 0 Å². The molecule has 0 atom stereocenters. The average Bonchev–Trinajstić information content (AvgIpc) is 2.83. The molecule has 1 aliphatic heterocycles. The minimum absolute atomic E-state index is 0.0984. The number of hydrogen-bond acceptors (Lipinski definition) is 6. The van der Waals surface area contributed by atoms with Crippen LogP contribution in [0.4, 0.5) is 5.69 Å². The van der Waals surface area contributed by atoms with Gasteiger partial charge in [0.15, 0.2) is 0 Å². The van der Waals surface area contributed by atoms with Crippen LogP contribution < -0.4 is 19.5 Å². The van der Waals surface area contributed by atoms with Crippen molar-refractivity contribution >= 4 is 27.7 Å². The zero-order chi connectivity index (χ0) is 23.1. The van der Waals surface area contributed by atoms with Crippen LogP contribution in [-0.2, 0) is 14.8 Å². The fraction of sp³-hybridized carbons (Fsp3) is 0.348. The van der Waals surface area contributed by atoms with Crippen molar-refractivity contribution in [3.8, 4) is 17.2 Å². The van der Waals surface area contributed by atoms with Crippen LogP contribution in [0.5, 0.6) is 17.2 Å². The summed E-state index contributed by atoms with van der Waals surface area (Å²) in [5, 5.41) is 2.74. The predicted molar refractivity (Wildman–Crippen MR) is 123 cm³/mol. The van der Waals surface area contributed by atoms with Crippen molar-refractivity contribution < 1.29 is 27.4 Å². The molecule has 1 N–H and O–H groups in total. The summed E-state index contributed by atoms with van der Waals surface area (Å²) >= 11 is 0. The predicted octanol–water partition coefficient (Wildman–Crippen LogP) is 3.54. The topological polar surface area (TPSA) is 94.2 Å². The molecule has 3 rings (SSSR count). The van der Waals surface area contributed by atoms with Gasteiger partial charge in [-0.1, -0.05) is 12.5 Å². The molecule has 1 heterocycles. The number of hydrogen-bond donors (Lipinski definition) is 1. The molecule has 32 heavy (non-hydrogen) atoms. The lowest BCUT2D eigenvalue weighted by Crippen LogP contribution is -2.35. The van der Waals surface area contributed by atoms with Gasteiger partial charge in [-0.05, 0) is 48.7 Å². The molecule has 8 nitrogen and oxygen atoms in total. The van der Waals surface area contributed by atoms with Crippen molar-refractivity contribution in [1.82, 2.24) is 4.31 Å². The fourth-order valence-corrected chi connectivity index (χ4v) is 5.20. The molecule has 0 saturated carbocycles. The first kappa shape index (κ1) is 23.6. The minimum Gasteiger partial charge on any atom is -0.497 e. The van der Waals surface area contributed by atoms with Crippen molar-refractivity contribution in [2.24, 2.45) is 0 Å². The molecule has 0 spiro atoms. The Balaban J connectivity index is 1.80. The quantitative estimate of drug-likeness (QED) is 0.606. The number of carbonyl (C=O) groups excluding carboxylic acids is 1. The van der Waals surface area contributed by atoms with Crippen LogP contribution in [0.25, 0.3) is 6.08 Å². The van der Waals surface area contributed by atoms with Crippen LogP contribution in [0.15, 0.2) is 47.4 Å². The number of methoxy groups -OCH3 is 3. The summed E-state index contributed by atoms with van der Waals surface area (Å²) in [7, 11) is 0.804. The standard InChI is InChI=1S/C23H28N2O6S/c1-29-18-9-10-19(21(16-18)31-3)24-23(26)12-8-17-7-11-20(30-2)22(15-17)32(27,28)25-13-5-4-6-14-25/h7-12,15-16H,4-6,13-14H2,1-3H3,(H,24,26)/b12-8+. The van der Waals surface area contributed by atoms with Gasteiger partial charge in [0.2, 0.25) is 15.9 Å². The zero-order valence-electron chi connectivity index (χ0n) is 18.5. The third-order valence-corrected chi connectivity index (χ3v) is 7.13. The highest BCUT2D eigenvalue weighted by Crippen LogP contribution is 2.31. The van der Waals surface area contributed by atoms with E-state index in [1.54, 1.807) is 43.5 Å². The maximum atomic E-state index is 13.1. The van der Waals surface area contributed by atoms with E-state index >= 15 is 0 Å². The highest BCUT2D eigenvalue weighted by molar-refractivity contribution is 7.89. The molecular formula is C23H28N2O6S. The Morgan fingerprint density at radius 1 is 0.938 bits per heavy atom. The molecule has 0 unspecified atom stereocenters. The van der Waals surface area contributed by atoms with Gasteiger partial charge >= 0.3 is 0 Å². The molecule has 2 aromatic rings. The Labute approximate surface area is 188 Å².